The van der Waals surface area contributed by atoms with Crippen molar-refractivity contribution in [3.8, 4) is 0 Å². The zero-order chi connectivity index (χ0) is 14.8. The van der Waals surface area contributed by atoms with Crippen molar-refractivity contribution in [3.05, 3.63) is 0 Å². The zero-order valence-corrected chi connectivity index (χ0v) is 13.3. The molecule has 0 aromatic carbocycles. The summed E-state index contributed by atoms with van der Waals surface area (Å²) in [6, 6.07) is 0. The molecule has 4 fully saturated rings. The predicted molar refractivity (Wildman–Crippen MR) is 79.1 cm³/mol. The molecule has 0 aromatic heterocycles. The van der Waals surface area contributed by atoms with Gasteiger partial charge >= 0.3 is 0 Å². The summed E-state index contributed by atoms with van der Waals surface area (Å²) in [5.74, 6) is 2.52. The van der Waals surface area contributed by atoms with Crippen LogP contribution in [0.3, 0.4) is 0 Å². The topological polar surface area (TPSA) is 49.3 Å². The molecule has 4 saturated carbocycles. The van der Waals surface area contributed by atoms with E-state index in [1.807, 2.05) is 13.8 Å². The van der Waals surface area contributed by atoms with Crippen LogP contribution in [0.2, 0.25) is 0 Å². The Morgan fingerprint density at radius 3 is 1.75 bits per heavy atom. The normalized spacial score (nSPS) is 40.0. The molecule has 114 valence electrons. The van der Waals surface area contributed by atoms with Crippen LogP contribution in [0, 0.1) is 23.2 Å². The molecule has 20 heavy (non-hydrogen) atoms. The monoisotopic (exact) mass is 279 g/mol. The van der Waals surface area contributed by atoms with E-state index in [9.17, 15) is 9.90 Å². The van der Waals surface area contributed by atoms with Crippen LogP contribution in [0.5, 0.6) is 0 Å². The van der Waals surface area contributed by atoms with Gasteiger partial charge in [0.2, 0.25) is 5.91 Å². The SMILES string of the molecule is CC(C)(O)C(C)(C)NC(=O)C12CC3CC(CC(C3)C1)C2. The predicted octanol–water partition coefficient (Wildman–Crippen LogP) is 2.87. The van der Waals surface area contributed by atoms with Gasteiger partial charge in [-0.3, -0.25) is 4.79 Å². The van der Waals surface area contributed by atoms with Gasteiger partial charge in [0.1, 0.15) is 0 Å². The molecule has 0 radical (unpaired) electrons. The number of amides is 1. The molecule has 3 nitrogen and oxygen atoms in total. The summed E-state index contributed by atoms with van der Waals surface area (Å²) < 4.78 is 0. The Kier molecular flexibility index (Phi) is 3.03. The van der Waals surface area contributed by atoms with E-state index in [0.717, 1.165) is 37.0 Å². The minimum atomic E-state index is -0.912. The number of aliphatic hydroxyl groups is 1. The lowest BCUT2D eigenvalue weighted by atomic mass is 9.49. The largest absolute Gasteiger partial charge is 0.388 e. The molecular weight excluding hydrogens is 250 g/mol. The van der Waals surface area contributed by atoms with Crippen molar-refractivity contribution in [1.29, 1.82) is 0 Å². The van der Waals surface area contributed by atoms with Gasteiger partial charge in [-0.25, -0.2) is 0 Å². The number of rotatable bonds is 3. The second kappa shape index (κ2) is 4.22. The number of carbonyl (C=O) groups excluding carboxylic acids is 1. The van der Waals surface area contributed by atoms with Crippen molar-refractivity contribution in [3.63, 3.8) is 0 Å². The van der Waals surface area contributed by atoms with Crippen LogP contribution < -0.4 is 5.32 Å². The Balaban J connectivity index is 1.78. The van der Waals surface area contributed by atoms with E-state index in [0.29, 0.717) is 0 Å². The van der Waals surface area contributed by atoms with Gasteiger partial charge in [0.05, 0.1) is 11.1 Å². The van der Waals surface area contributed by atoms with Gasteiger partial charge in [-0.2, -0.15) is 0 Å². The molecule has 4 aliphatic rings. The van der Waals surface area contributed by atoms with E-state index >= 15 is 0 Å². The lowest BCUT2D eigenvalue weighted by Crippen LogP contribution is -2.63. The molecule has 4 aliphatic carbocycles. The van der Waals surface area contributed by atoms with Crippen molar-refractivity contribution in [2.24, 2.45) is 23.2 Å². The number of carbonyl (C=O) groups is 1. The van der Waals surface area contributed by atoms with Crippen LogP contribution in [0.4, 0.5) is 0 Å². The van der Waals surface area contributed by atoms with Crippen molar-refractivity contribution in [1.82, 2.24) is 5.32 Å². The summed E-state index contributed by atoms with van der Waals surface area (Å²) in [4.78, 5) is 12.9. The molecule has 0 unspecified atom stereocenters. The molecule has 4 bridgehead atoms. The third-order valence-electron chi connectivity index (χ3n) is 6.48. The van der Waals surface area contributed by atoms with Gasteiger partial charge in [-0.05, 0) is 84.0 Å². The fraction of sp³-hybridized carbons (Fsp3) is 0.941. The van der Waals surface area contributed by atoms with E-state index in [1.165, 1.54) is 19.3 Å². The van der Waals surface area contributed by atoms with Crippen molar-refractivity contribution < 1.29 is 9.90 Å². The maximum Gasteiger partial charge on any atom is 0.226 e. The standard InChI is InChI=1S/C17H29NO2/c1-15(2,16(3,4)20)18-14(19)17-8-11-5-12(9-17)7-13(6-11)10-17/h11-13,20H,5-10H2,1-4H3,(H,18,19). The molecule has 4 rings (SSSR count). The minimum Gasteiger partial charge on any atom is -0.388 e. The van der Waals surface area contributed by atoms with E-state index in [-0.39, 0.29) is 11.3 Å². The lowest BCUT2D eigenvalue weighted by molar-refractivity contribution is -0.151. The molecule has 0 aliphatic heterocycles. The maximum atomic E-state index is 12.9. The summed E-state index contributed by atoms with van der Waals surface area (Å²) in [5.41, 5.74) is -1.63. The van der Waals surface area contributed by atoms with Crippen LogP contribution in [-0.4, -0.2) is 22.2 Å². The average Bonchev–Trinajstić information content (AvgIpc) is 2.24. The van der Waals surface area contributed by atoms with Gasteiger partial charge in [-0.1, -0.05) is 0 Å². The fourth-order valence-corrected chi connectivity index (χ4v) is 4.96. The van der Waals surface area contributed by atoms with Gasteiger partial charge in [0.15, 0.2) is 0 Å². The minimum absolute atomic E-state index is 0.128. The van der Waals surface area contributed by atoms with Crippen molar-refractivity contribution in [2.75, 3.05) is 0 Å². The maximum absolute atomic E-state index is 12.9. The van der Waals surface area contributed by atoms with Crippen LogP contribution in [0.25, 0.3) is 0 Å². The Bertz CT molecular complexity index is 384. The summed E-state index contributed by atoms with van der Waals surface area (Å²) in [6.45, 7) is 7.39. The quantitative estimate of drug-likeness (QED) is 0.834. The highest BCUT2D eigenvalue weighted by atomic mass is 16.3. The van der Waals surface area contributed by atoms with Crippen LogP contribution >= 0.6 is 0 Å². The van der Waals surface area contributed by atoms with Crippen LogP contribution in [-0.2, 0) is 4.79 Å². The van der Waals surface area contributed by atoms with Crippen molar-refractivity contribution in [2.45, 2.75) is 77.4 Å². The first-order chi connectivity index (χ1) is 9.11. The average molecular weight is 279 g/mol. The second-order valence-electron chi connectivity index (χ2n) is 8.84. The van der Waals surface area contributed by atoms with Crippen LogP contribution in [0.15, 0.2) is 0 Å². The smallest absolute Gasteiger partial charge is 0.226 e. The van der Waals surface area contributed by atoms with E-state index in [2.05, 4.69) is 5.32 Å². The summed E-state index contributed by atoms with van der Waals surface area (Å²) in [5, 5.41) is 13.4. The first-order valence-corrected chi connectivity index (χ1v) is 8.16. The van der Waals surface area contributed by atoms with Gasteiger partial charge in [-0.15, -0.1) is 0 Å². The highest BCUT2D eigenvalue weighted by Gasteiger charge is 2.55. The molecule has 1 amide bonds. The molecule has 0 aromatic rings. The molecule has 0 spiro atoms. The summed E-state index contributed by atoms with van der Waals surface area (Å²) >= 11 is 0. The van der Waals surface area contributed by atoms with E-state index in [1.54, 1.807) is 13.8 Å². The Labute approximate surface area is 122 Å². The molecule has 0 saturated heterocycles. The first-order valence-electron chi connectivity index (χ1n) is 8.16. The number of hydrogen-bond acceptors (Lipinski definition) is 2. The van der Waals surface area contributed by atoms with Gasteiger partial charge in [0.25, 0.3) is 0 Å². The van der Waals surface area contributed by atoms with E-state index < -0.39 is 11.1 Å². The Morgan fingerprint density at radius 1 is 1.00 bits per heavy atom. The summed E-state index contributed by atoms with van der Waals surface area (Å²) in [7, 11) is 0. The van der Waals surface area contributed by atoms with E-state index in [4.69, 9.17) is 0 Å². The second-order valence-corrected chi connectivity index (χ2v) is 8.84. The summed E-state index contributed by atoms with van der Waals surface area (Å²) in [6.07, 6.45) is 7.27. The highest BCUT2D eigenvalue weighted by molar-refractivity contribution is 5.84. The first kappa shape index (κ1) is 14.4. The molecule has 2 N–H and O–H groups in total. The Hall–Kier alpha value is -0.570. The molecule has 3 heteroatoms. The Morgan fingerprint density at radius 2 is 1.40 bits per heavy atom. The molecule has 0 heterocycles. The van der Waals surface area contributed by atoms with Gasteiger partial charge in [0, 0.05) is 5.41 Å². The molecular formula is C17H29NO2. The lowest BCUT2D eigenvalue weighted by Gasteiger charge is -2.56. The van der Waals surface area contributed by atoms with Gasteiger partial charge < -0.3 is 10.4 Å². The zero-order valence-electron chi connectivity index (χ0n) is 13.3. The third-order valence-corrected chi connectivity index (χ3v) is 6.48. The molecule has 0 atom stereocenters. The number of nitrogens with one attached hydrogen (secondary N) is 1. The van der Waals surface area contributed by atoms with Crippen molar-refractivity contribution >= 4 is 5.91 Å². The number of hydrogen-bond donors (Lipinski definition) is 2. The fourth-order valence-electron chi connectivity index (χ4n) is 4.96. The highest BCUT2D eigenvalue weighted by Crippen LogP contribution is 2.60. The van der Waals surface area contributed by atoms with Crippen LogP contribution in [0.1, 0.15) is 66.2 Å². The third kappa shape index (κ3) is 2.18.